The van der Waals surface area contributed by atoms with Gasteiger partial charge in [-0.25, -0.2) is 4.79 Å². The van der Waals surface area contributed by atoms with Gasteiger partial charge in [-0.05, 0) is 39.5 Å². The normalized spacial score (nSPS) is 26.6. The molecule has 1 aliphatic heterocycles. The van der Waals surface area contributed by atoms with Crippen LogP contribution in [0.1, 0.15) is 33.6 Å². The summed E-state index contributed by atoms with van der Waals surface area (Å²) >= 11 is 0. The Bertz CT molecular complexity index is 384. The molecule has 1 amide bonds. The highest BCUT2D eigenvalue weighted by Gasteiger charge is 2.28. The number of carbonyl (C=O) groups excluding carboxylic acids is 1. The highest BCUT2D eigenvalue weighted by atomic mass is 16.6. The van der Waals surface area contributed by atoms with Crippen LogP contribution in [0.15, 0.2) is 4.99 Å². The number of carbonyl (C=O) groups is 1. The maximum atomic E-state index is 12.0. The Labute approximate surface area is 120 Å². The monoisotopic (exact) mass is 283 g/mol. The Hall–Kier alpha value is -1.30. The molecule has 0 unspecified atom stereocenters. The molecule has 1 fully saturated rings. The van der Waals surface area contributed by atoms with Gasteiger partial charge in [0.1, 0.15) is 11.4 Å². The molecule has 2 aliphatic rings. The molecular formula is C14H25N3O3. The minimum Gasteiger partial charge on any atom is -0.444 e. The van der Waals surface area contributed by atoms with Crippen LogP contribution in [0.25, 0.3) is 0 Å². The van der Waals surface area contributed by atoms with E-state index in [-0.39, 0.29) is 12.2 Å². The second-order valence-electron chi connectivity index (χ2n) is 6.60. The van der Waals surface area contributed by atoms with Gasteiger partial charge < -0.3 is 15.2 Å². The highest BCUT2D eigenvalue weighted by molar-refractivity contribution is 5.87. The van der Waals surface area contributed by atoms with Crippen molar-refractivity contribution < 1.29 is 14.6 Å². The molecule has 0 radical (unpaired) electrons. The van der Waals surface area contributed by atoms with E-state index in [0.717, 1.165) is 25.2 Å². The number of hydrogen-bond acceptors (Lipinski definition) is 5. The van der Waals surface area contributed by atoms with Gasteiger partial charge in [-0.3, -0.25) is 9.89 Å². The fourth-order valence-corrected chi connectivity index (χ4v) is 2.34. The average Bonchev–Trinajstić information content (AvgIpc) is 2.31. The lowest BCUT2D eigenvalue weighted by Gasteiger charge is -2.33. The number of aliphatic hydroxyl groups excluding tert-OH is 1. The molecule has 2 rings (SSSR count). The van der Waals surface area contributed by atoms with Crippen molar-refractivity contribution in [2.24, 2.45) is 10.9 Å². The lowest BCUT2D eigenvalue weighted by molar-refractivity contribution is 0.0275. The van der Waals surface area contributed by atoms with Crippen molar-refractivity contribution >= 4 is 11.9 Å². The van der Waals surface area contributed by atoms with Gasteiger partial charge in [0.05, 0.1) is 19.2 Å². The molecule has 6 heteroatoms. The lowest BCUT2D eigenvalue weighted by atomic mass is 9.82. The van der Waals surface area contributed by atoms with Crippen LogP contribution in [0.5, 0.6) is 0 Å². The minimum absolute atomic E-state index is 0.131. The SMILES string of the molecule is CC(C)(C)OC(=O)N1CCN=C(NCC2CC(O)C2)C1. The summed E-state index contributed by atoms with van der Waals surface area (Å²) in [5.74, 6) is 1.35. The molecule has 0 atom stereocenters. The van der Waals surface area contributed by atoms with Crippen LogP contribution in [-0.4, -0.2) is 59.8 Å². The summed E-state index contributed by atoms with van der Waals surface area (Å²) in [7, 11) is 0. The zero-order chi connectivity index (χ0) is 14.8. The number of rotatable bonds is 2. The van der Waals surface area contributed by atoms with Crippen LogP contribution in [0.4, 0.5) is 4.79 Å². The molecule has 20 heavy (non-hydrogen) atoms. The highest BCUT2D eigenvalue weighted by Crippen LogP contribution is 2.26. The van der Waals surface area contributed by atoms with Gasteiger partial charge in [0, 0.05) is 13.1 Å². The summed E-state index contributed by atoms with van der Waals surface area (Å²) in [6.45, 7) is 8.09. The number of ether oxygens (including phenoxy) is 1. The van der Waals surface area contributed by atoms with Crippen LogP contribution in [-0.2, 0) is 4.74 Å². The fraction of sp³-hybridized carbons (Fsp3) is 0.857. The number of nitrogens with one attached hydrogen (secondary N) is 1. The van der Waals surface area contributed by atoms with Crippen molar-refractivity contribution in [1.29, 1.82) is 0 Å². The third-order valence-corrected chi connectivity index (χ3v) is 3.47. The van der Waals surface area contributed by atoms with Crippen LogP contribution in [0.3, 0.4) is 0 Å². The van der Waals surface area contributed by atoms with E-state index in [1.807, 2.05) is 20.8 Å². The summed E-state index contributed by atoms with van der Waals surface area (Å²) < 4.78 is 5.37. The Balaban J connectivity index is 1.76. The number of nitrogens with zero attached hydrogens (tertiary/aromatic N) is 2. The van der Waals surface area contributed by atoms with Crippen molar-refractivity contribution in [2.45, 2.75) is 45.3 Å². The number of hydrogen-bond donors (Lipinski definition) is 2. The van der Waals surface area contributed by atoms with E-state index in [4.69, 9.17) is 4.74 Å². The van der Waals surface area contributed by atoms with Crippen molar-refractivity contribution in [1.82, 2.24) is 10.2 Å². The van der Waals surface area contributed by atoms with Crippen LogP contribution < -0.4 is 5.32 Å². The molecule has 0 saturated heterocycles. The second kappa shape index (κ2) is 5.99. The van der Waals surface area contributed by atoms with E-state index < -0.39 is 5.60 Å². The third kappa shape index (κ3) is 4.37. The Morgan fingerprint density at radius 3 is 2.80 bits per heavy atom. The molecule has 0 aromatic rings. The average molecular weight is 283 g/mol. The first-order chi connectivity index (χ1) is 9.33. The molecule has 1 saturated carbocycles. The predicted octanol–water partition coefficient (Wildman–Crippen LogP) is 0.996. The lowest BCUT2D eigenvalue weighted by Crippen LogP contribution is -2.48. The molecule has 2 N–H and O–H groups in total. The van der Waals surface area contributed by atoms with Crippen LogP contribution in [0.2, 0.25) is 0 Å². The third-order valence-electron chi connectivity index (χ3n) is 3.47. The van der Waals surface area contributed by atoms with Gasteiger partial charge in [0.2, 0.25) is 0 Å². The van der Waals surface area contributed by atoms with E-state index >= 15 is 0 Å². The number of aliphatic imine (C=N–C) groups is 1. The second-order valence-corrected chi connectivity index (χ2v) is 6.60. The summed E-state index contributed by atoms with van der Waals surface area (Å²) in [5, 5.41) is 12.5. The molecule has 1 aliphatic carbocycles. The van der Waals surface area contributed by atoms with Gasteiger partial charge in [-0.2, -0.15) is 0 Å². The Kier molecular flexibility index (Phi) is 4.52. The molecule has 0 aromatic heterocycles. The molecule has 0 aromatic carbocycles. The summed E-state index contributed by atoms with van der Waals surface area (Å²) in [5.41, 5.74) is -0.471. The molecule has 0 spiro atoms. The van der Waals surface area contributed by atoms with Crippen molar-refractivity contribution in [2.75, 3.05) is 26.2 Å². The van der Waals surface area contributed by atoms with E-state index in [1.54, 1.807) is 4.90 Å². The first-order valence-electron chi connectivity index (χ1n) is 7.26. The summed E-state index contributed by atoms with van der Waals surface area (Å²) in [4.78, 5) is 18.1. The van der Waals surface area contributed by atoms with E-state index in [0.29, 0.717) is 25.6 Å². The van der Waals surface area contributed by atoms with Gasteiger partial charge in [-0.1, -0.05) is 0 Å². The maximum absolute atomic E-state index is 12.0. The van der Waals surface area contributed by atoms with Gasteiger partial charge >= 0.3 is 6.09 Å². The molecule has 114 valence electrons. The van der Waals surface area contributed by atoms with Crippen LogP contribution >= 0.6 is 0 Å². The topological polar surface area (TPSA) is 74.2 Å². The first kappa shape index (κ1) is 15.1. The van der Waals surface area contributed by atoms with Gasteiger partial charge in [0.25, 0.3) is 0 Å². The molecular weight excluding hydrogens is 258 g/mol. The number of amidine groups is 1. The minimum atomic E-state index is -0.471. The number of amides is 1. The summed E-state index contributed by atoms with van der Waals surface area (Å²) in [6.07, 6.45) is 1.30. The van der Waals surface area contributed by atoms with E-state index in [9.17, 15) is 9.90 Å². The zero-order valence-corrected chi connectivity index (χ0v) is 12.6. The van der Waals surface area contributed by atoms with Crippen LogP contribution in [0, 0.1) is 5.92 Å². The summed E-state index contributed by atoms with van der Waals surface area (Å²) in [6, 6.07) is 0. The molecule has 0 bridgehead atoms. The molecule has 6 nitrogen and oxygen atoms in total. The standard InChI is InChI=1S/C14H25N3O3/c1-14(2,3)20-13(19)17-5-4-15-12(9-17)16-8-10-6-11(18)7-10/h10-11,18H,4-9H2,1-3H3,(H,15,16). The largest absolute Gasteiger partial charge is 0.444 e. The van der Waals surface area contributed by atoms with Crippen molar-refractivity contribution in [3.8, 4) is 0 Å². The van der Waals surface area contributed by atoms with E-state index in [1.165, 1.54) is 0 Å². The van der Waals surface area contributed by atoms with E-state index in [2.05, 4.69) is 10.3 Å². The fourth-order valence-electron chi connectivity index (χ4n) is 2.34. The number of aliphatic hydroxyl groups is 1. The first-order valence-corrected chi connectivity index (χ1v) is 7.26. The van der Waals surface area contributed by atoms with Crippen molar-refractivity contribution in [3.05, 3.63) is 0 Å². The Morgan fingerprint density at radius 2 is 2.20 bits per heavy atom. The van der Waals surface area contributed by atoms with Gasteiger partial charge in [-0.15, -0.1) is 0 Å². The van der Waals surface area contributed by atoms with Gasteiger partial charge in [0.15, 0.2) is 0 Å². The Morgan fingerprint density at radius 1 is 1.50 bits per heavy atom. The smallest absolute Gasteiger partial charge is 0.410 e. The quantitative estimate of drug-likeness (QED) is 0.793. The maximum Gasteiger partial charge on any atom is 0.410 e. The molecule has 1 heterocycles. The predicted molar refractivity (Wildman–Crippen MR) is 76.8 cm³/mol. The zero-order valence-electron chi connectivity index (χ0n) is 12.6. The van der Waals surface area contributed by atoms with Crippen molar-refractivity contribution in [3.63, 3.8) is 0 Å².